The molecule has 0 aliphatic rings. The lowest BCUT2D eigenvalue weighted by molar-refractivity contribution is -0.118. The molecule has 0 radical (unpaired) electrons. The number of carbonyl (C=O) groups is 1. The van der Waals surface area contributed by atoms with Gasteiger partial charge in [0.2, 0.25) is 5.91 Å². The van der Waals surface area contributed by atoms with E-state index in [4.69, 9.17) is 23.7 Å². The molecular weight excluding hydrogens is 248 g/mol. The van der Waals surface area contributed by atoms with Crippen molar-refractivity contribution >= 4 is 28.9 Å². The second-order valence-electron chi connectivity index (χ2n) is 4.87. The van der Waals surface area contributed by atoms with Crippen molar-refractivity contribution in [2.24, 2.45) is 11.5 Å². The number of amides is 1. The van der Waals surface area contributed by atoms with Gasteiger partial charge in [-0.25, -0.2) is 4.98 Å². The second-order valence-corrected chi connectivity index (χ2v) is 5.31. The van der Waals surface area contributed by atoms with Gasteiger partial charge in [-0.2, -0.15) is 0 Å². The number of aromatic nitrogens is 1. The normalized spacial score (nSPS) is 11.1. The van der Waals surface area contributed by atoms with Crippen LogP contribution < -0.4 is 16.8 Å². The predicted molar refractivity (Wildman–Crippen MR) is 76.4 cm³/mol. The number of hydrogen-bond acceptors (Lipinski definition) is 4. The Morgan fingerprint density at radius 1 is 1.50 bits per heavy atom. The molecule has 1 aromatic rings. The molecule has 0 bridgehead atoms. The van der Waals surface area contributed by atoms with Gasteiger partial charge in [0.15, 0.2) is 0 Å². The Morgan fingerprint density at radius 3 is 2.61 bits per heavy atom. The van der Waals surface area contributed by atoms with E-state index in [9.17, 15) is 4.79 Å². The van der Waals surface area contributed by atoms with Gasteiger partial charge in [-0.15, -0.1) is 0 Å². The van der Waals surface area contributed by atoms with E-state index in [2.05, 4.69) is 10.3 Å². The molecule has 0 aliphatic heterocycles. The highest BCUT2D eigenvalue weighted by molar-refractivity contribution is 7.80. The number of anilines is 1. The van der Waals surface area contributed by atoms with Crippen molar-refractivity contribution in [2.45, 2.75) is 32.7 Å². The van der Waals surface area contributed by atoms with Crippen LogP contribution in [0.1, 0.15) is 31.4 Å². The molecule has 0 aromatic carbocycles. The Balaban J connectivity index is 3.08. The van der Waals surface area contributed by atoms with Crippen LogP contribution in [0.5, 0.6) is 0 Å². The fourth-order valence-corrected chi connectivity index (χ4v) is 2.02. The third-order valence-electron chi connectivity index (χ3n) is 2.48. The Bertz CT molecular complexity index is 485. The molecule has 0 unspecified atom stereocenters. The maximum Gasteiger partial charge on any atom is 0.219 e. The molecule has 1 aromatic heterocycles. The van der Waals surface area contributed by atoms with Crippen LogP contribution in [0.4, 0.5) is 5.82 Å². The van der Waals surface area contributed by atoms with Crippen molar-refractivity contribution in [3.8, 4) is 0 Å². The van der Waals surface area contributed by atoms with Gasteiger partial charge >= 0.3 is 0 Å². The molecule has 0 atom stereocenters. The summed E-state index contributed by atoms with van der Waals surface area (Å²) in [6.45, 7) is 5.64. The first-order valence-corrected chi connectivity index (χ1v) is 5.95. The zero-order valence-electron chi connectivity index (χ0n) is 10.8. The summed E-state index contributed by atoms with van der Waals surface area (Å²) in [5.74, 6) is 0.200. The first-order chi connectivity index (χ1) is 8.23. The Hall–Kier alpha value is -1.69. The minimum Gasteiger partial charge on any atom is -0.389 e. The van der Waals surface area contributed by atoms with E-state index in [-0.39, 0.29) is 17.3 Å². The van der Waals surface area contributed by atoms with Crippen molar-refractivity contribution in [3.05, 3.63) is 23.4 Å². The Labute approximate surface area is 112 Å². The molecule has 1 heterocycles. The largest absolute Gasteiger partial charge is 0.389 e. The lowest BCUT2D eigenvalue weighted by Gasteiger charge is -2.27. The first kappa shape index (κ1) is 14.4. The van der Waals surface area contributed by atoms with Crippen molar-refractivity contribution in [3.63, 3.8) is 0 Å². The minimum atomic E-state index is -0.508. The topological polar surface area (TPSA) is 94.0 Å². The van der Waals surface area contributed by atoms with Crippen LogP contribution >= 0.6 is 12.2 Å². The zero-order chi connectivity index (χ0) is 13.9. The Kier molecular flexibility index (Phi) is 4.24. The number of thiocarbonyl (C=S) groups is 1. The first-order valence-electron chi connectivity index (χ1n) is 5.55. The number of primary amides is 1. The van der Waals surface area contributed by atoms with Crippen LogP contribution in [0.2, 0.25) is 0 Å². The average Bonchev–Trinajstić information content (AvgIpc) is 2.13. The Morgan fingerprint density at radius 2 is 2.11 bits per heavy atom. The highest BCUT2D eigenvalue weighted by Crippen LogP contribution is 2.22. The third kappa shape index (κ3) is 3.66. The molecule has 0 saturated heterocycles. The smallest absolute Gasteiger partial charge is 0.219 e. The number of pyridine rings is 1. The van der Waals surface area contributed by atoms with E-state index in [0.29, 0.717) is 11.4 Å². The van der Waals surface area contributed by atoms with Crippen molar-refractivity contribution < 1.29 is 4.79 Å². The number of rotatable bonds is 5. The van der Waals surface area contributed by atoms with Crippen LogP contribution in [0, 0.1) is 6.92 Å². The summed E-state index contributed by atoms with van der Waals surface area (Å²) < 4.78 is 0. The van der Waals surface area contributed by atoms with E-state index < -0.39 is 5.54 Å². The lowest BCUT2D eigenvalue weighted by Crippen LogP contribution is -2.37. The van der Waals surface area contributed by atoms with Crippen LogP contribution in [-0.2, 0) is 4.79 Å². The van der Waals surface area contributed by atoms with E-state index in [1.54, 1.807) is 6.20 Å². The van der Waals surface area contributed by atoms with Gasteiger partial charge in [0, 0.05) is 18.2 Å². The standard InChI is InChI=1S/C12H18N4OS/c1-7-4-5-15-11(9(7)10(14)18)16-12(2,3)6-8(13)17/h4-5H,6H2,1-3H3,(H2,13,17)(H2,14,18)(H,15,16). The monoisotopic (exact) mass is 266 g/mol. The molecule has 0 fully saturated rings. The van der Waals surface area contributed by atoms with E-state index in [0.717, 1.165) is 5.56 Å². The van der Waals surface area contributed by atoms with Crippen molar-refractivity contribution in [2.75, 3.05) is 5.32 Å². The predicted octanol–water partition coefficient (Wildman–Crippen LogP) is 1.09. The number of hydrogen-bond donors (Lipinski definition) is 3. The molecule has 5 nitrogen and oxygen atoms in total. The van der Waals surface area contributed by atoms with Gasteiger partial charge < -0.3 is 16.8 Å². The summed E-state index contributed by atoms with van der Waals surface area (Å²) in [7, 11) is 0. The molecule has 1 amide bonds. The van der Waals surface area contributed by atoms with Gasteiger partial charge in [-0.05, 0) is 32.4 Å². The van der Waals surface area contributed by atoms with Crippen molar-refractivity contribution in [1.82, 2.24) is 4.98 Å². The van der Waals surface area contributed by atoms with E-state index >= 15 is 0 Å². The van der Waals surface area contributed by atoms with Gasteiger partial charge in [-0.3, -0.25) is 4.79 Å². The molecule has 0 spiro atoms. The SMILES string of the molecule is Cc1ccnc(NC(C)(C)CC(N)=O)c1C(N)=S. The van der Waals surface area contributed by atoms with E-state index in [1.165, 1.54) is 0 Å². The molecule has 6 heteroatoms. The van der Waals surface area contributed by atoms with Gasteiger partial charge in [0.25, 0.3) is 0 Å². The number of aryl methyl sites for hydroxylation is 1. The molecule has 0 saturated carbocycles. The molecule has 5 N–H and O–H groups in total. The number of nitrogens with zero attached hydrogens (tertiary/aromatic N) is 1. The highest BCUT2D eigenvalue weighted by Gasteiger charge is 2.23. The lowest BCUT2D eigenvalue weighted by atomic mass is 9.99. The molecule has 0 aliphatic carbocycles. The third-order valence-corrected chi connectivity index (χ3v) is 2.68. The maximum atomic E-state index is 11.0. The summed E-state index contributed by atoms with van der Waals surface area (Å²) in [6, 6.07) is 1.83. The summed E-state index contributed by atoms with van der Waals surface area (Å²) >= 11 is 5.02. The molecule has 98 valence electrons. The quantitative estimate of drug-likeness (QED) is 0.694. The number of nitrogens with one attached hydrogen (secondary N) is 1. The number of carbonyl (C=O) groups excluding carboxylic acids is 1. The van der Waals surface area contributed by atoms with Gasteiger partial charge in [0.05, 0.1) is 5.56 Å². The number of nitrogens with two attached hydrogens (primary N) is 2. The molecule has 18 heavy (non-hydrogen) atoms. The zero-order valence-corrected chi connectivity index (χ0v) is 11.6. The van der Waals surface area contributed by atoms with Gasteiger partial charge in [-0.1, -0.05) is 12.2 Å². The van der Waals surface area contributed by atoms with Crippen LogP contribution in [0.15, 0.2) is 12.3 Å². The van der Waals surface area contributed by atoms with Crippen LogP contribution in [0.3, 0.4) is 0 Å². The average molecular weight is 266 g/mol. The van der Waals surface area contributed by atoms with E-state index in [1.807, 2.05) is 26.8 Å². The molecule has 1 rings (SSSR count). The van der Waals surface area contributed by atoms with Crippen LogP contribution in [-0.4, -0.2) is 21.4 Å². The maximum absolute atomic E-state index is 11.0. The van der Waals surface area contributed by atoms with Crippen molar-refractivity contribution in [1.29, 1.82) is 0 Å². The summed E-state index contributed by atoms with van der Waals surface area (Å²) in [5, 5.41) is 3.16. The summed E-state index contributed by atoms with van der Waals surface area (Å²) in [4.78, 5) is 15.5. The van der Waals surface area contributed by atoms with Crippen LogP contribution in [0.25, 0.3) is 0 Å². The van der Waals surface area contributed by atoms with Gasteiger partial charge in [0.1, 0.15) is 10.8 Å². The fourth-order valence-electron chi connectivity index (χ4n) is 1.76. The minimum absolute atomic E-state index is 0.194. The fraction of sp³-hybridized carbons (Fsp3) is 0.417. The highest BCUT2D eigenvalue weighted by atomic mass is 32.1. The second kappa shape index (κ2) is 5.30. The summed E-state index contributed by atoms with van der Waals surface area (Å²) in [5.41, 5.74) is 12.0. The summed E-state index contributed by atoms with van der Waals surface area (Å²) in [6.07, 6.45) is 1.86. The molecular formula is C12H18N4OS.